The highest BCUT2D eigenvalue weighted by molar-refractivity contribution is 4.64. The number of nitrogens with zero attached hydrogens (tertiary/aromatic N) is 1. The molecule has 170 valence electrons. The first-order valence-electron chi connectivity index (χ1n) is 11.0. The van der Waals surface area contributed by atoms with Crippen molar-refractivity contribution >= 4 is 0 Å². The highest BCUT2D eigenvalue weighted by Gasteiger charge is 2.10. The van der Waals surface area contributed by atoms with Gasteiger partial charge in [0.2, 0.25) is 0 Å². The van der Waals surface area contributed by atoms with E-state index in [9.17, 15) is 0 Å². The van der Waals surface area contributed by atoms with Crippen LogP contribution in [0.5, 0.6) is 0 Å². The Hall–Kier alpha value is -0.280. The van der Waals surface area contributed by atoms with Gasteiger partial charge in [0.15, 0.2) is 0 Å². The van der Waals surface area contributed by atoms with Crippen molar-refractivity contribution in [3.8, 4) is 0 Å². The van der Waals surface area contributed by atoms with E-state index in [1.807, 2.05) is 0 Å². The molecule has 2 N–H and O–H groups in total. The van der Waals surface area contributed by atoms with E-state index in [0.29, 0.717) is 52.9 Å². The maximum Gasteiger partial charge on any atom is 0.0701 e. The number of rotatable bonds is 23. The van der Waals surface area contributed by atoms with Crippen molar-refractivity contribution in [3.05, 3.63) is 0 Å². The van der Waals surface area contributed by atoms with Gasteiger partial charge in [0, 0.05) is 13.1 Å². The van der Waals surface area contributed by atoms with E-state index in [1.54, 1.807) is 0 Å². The van der Waals surface area contributed by atoms with Crippen molar-refractivity contribution in [1.29, 1.82) is 0 Å². The van der Waals surface area contributed by atoms with Gasteiger partial charge in [-0.1, -0.05) is 39.5 Å². The van der Waals surface area contributed by atoms with Crippen LogP contribution < -0.4 is 0 Å². The summed E-state index contributed by atoms with van der Waals surface area (Å²) < 4.78 is 21.7. The van der Waals surface area contributed by atoms with E-state index >= 15 is 0 Å². The smallest absolute Gasteiger partial charge is 0.0701 e. The molecule has 7 heteroatoms. The molecular formula is C21H45NO6. The summed E-state index contributed by atoms with van der Waals surface area (Å²) in [4.78, 5) is 2.41. The summed E-state index contributed by atoms with van der Waals surface area (Å²) in [6.45, 7) is 11.7. The molecule has 0 heterocycles. The van der Waals surface area contributed by atoms with Gasteiger partial charge >= 0.3 is 0 Å². The fourth-order valence-electron chi connectivity index (χ4n) is 2.91. The molecule has 0 spiro atoms. The molecule has 28 heavy (non-hydrogen) atoms. The molecule has 0 saturated heterocycles. The van der Waals surface area contributed by atoms with Crippen molar-refractivity contribution in [1.82, 2.24) is 4.90 Å². The average molecular weight is 408 g/mol. The van der Waals surface area contributed by atoms with Crippen molar-refractivity contribution < 1.29 is 29.2 Å². The lowest BCUT2D eigenvalue weighted by Gasteiger charge is -2.25. The highest BCUT2D eigenvalue weighted by Crippen LogP contribution is 2.17. The maximum absolute atomic E-state index is 8.68. The summed E-state index contributed by atoms with van der Waals surface area (Å²) >= 11 is 0. The molecule has 0 amide bonds. The molecule has 1 unspecified atom stereocenters. The van der Waals surface area contributed by atoms with Gasteiger partial charge in [0.25, 0.3) is 0 Å². The van der Waals surface area contributed by atoms with E-state index < -0.39 is 0 Å². The molecule has 0 aromatic rings. The molecule has 0 aromatic heterocycles. The molecule has 0 fully saturated rings. The van der Waals surface area contributed by atoms with Crippen LogP contribution in [0.3, 0.4) is 0 Å². The third-order valence-corrected chi connectivity index (χ3v) is 4.72. The van der Waals surface area contributed by atoms with Crippen LogP contribution in [0.15, 0.2) is 0 Å². The van der Waals surface area contributed by atoms with Crippen LogP contribution in [0.2, 0.25) is 0 Å². The molecule has 0 aliphatic rings. The predicted octanol–water partition coefficient (Wildman–Crippen LogP) is 1.95. The fraction of sp³-hybridized carbons (Fsp3) is 1.00. The van der Waals surface area contributed by atoms with Gasteiger partial charge < -0.3 is 29.2 Å². The number of unbranched alkanes of at least 4 members (excludes halogenated alkanes) is 1. The van der Waals surface area contributed by atoms with E-state index in [-0.39, 0.29) is 13.2 Å². The quantitative estimate of drug-likeness (QED) is 0.251. The first kappa shape index (κ1) is 27.7. The summed E-state index contributed by atoms with van der Waals surface area (Å²) in [6.07, 6.45) is 6.35. The standard InChI is InChI=1S/C21H45NO6/c1-3-5-6-21(4-2)7-8-22(9-13-25-17-19-27-15-11-23)10-14-26-18-20-28-16-12-24/h21,23-24H,3-20H2,1-2H3. The van der Waals surface area contributed by atoms with Crippen LogP contribution in [-0.4, -0.2) is 101 Å². The molecule has 0 radical (unpaired) electrons. The zero-order chi connectivity index (χ0) is 20.7. The van der Waals surface area contributed by atoms with Crippen LogP contribution in [0.4, 0.5) is 0 Å². The van der Waals surface area contributed by atoms with Gasteiger partial charge in [0.05, 0.1) is 66.1 Å². The van der Waals surface area contributed by atoms with Crippen molar-refractivity contribution in [3.63, 3.8) is 0 Å². The molecular weight excluding hydrogens is 362 g/mol. The van der Waals surface area contributed by atoms with E-state index in [0.717, 1.165) is 25.6 Å². The van der Waals surface area contributed by atoms with Gasteiger partial charge in [-0.2, -0.15) is 0 Å². The number of hydrogen-bond acceptors (Lipinski definition) is 7. The molecule has 7 nitrogen and oxygen atoms in total. The normalized spacial score (nSPS) is 12.8. The minimum Gasteiger partial charge on any atom is -0.394 e. The lowest BCUT2D eigenvalue weighted by atomic mass is 9.95. The molecule has 0 saturated carbocycles. The lowest BCUT2D eigenvalue weighted by molar-refractivity contribution is 0.0140. The Morgan fingerprint density at radius 1 is 0.643 bits per heavy atom. The second-order valence-corrected chi connectivity index (χ2v) is 6.94. The Kier molecular flexibility index (Phi) is 22.8. The summed E-state index contributed by atoms with van der Waals surface area (Å²) in [5.74, 6) is 0.794. The number of aliphatic hydroxyl groups excluding tert-OH is 2. The SMILES string of the molecule is CCCCC(CC)CCN(CCOCCOCCO)CCOCCOCCO. The van der Waals surface area contributed by atoms with Crippen LogP contribution >= 0.6 is 0 Å². The summed E-state index contributed by atoms with van der Waals surface area (Å²) in [5, 5.41) is 17.4. The first-order chi connectivity index (χ1) is 13.8. The third-order valence-electron chi connectivity index (χ3n) is 4.72. The van der Waals surface area contributed by atoms with E-state index in [4.69, 9.17) is 29.2 Å². The Labute approximate surface area is 172 Å². The largest absolute Gasteiger partial charge is 0.394 e. The second-order valence-electron chi connectivity index (χ2n) is 6.94. The minimum atomic E-state index is 0.0510. The molecule has 0 aromatic carbocycles. The van der Waals surface area contributed by atoms with Gasteiger partial charge in [-0.15, -0.1) is 0 Å². The summed E-state index contributed by atoms with van der Waals surface area (Å²) in [7, 11) is 0. The zero-order valence-electron chi connectivity index (χ0n) is 18.3. The number of ether oxygens (including phenoxy) is 4. The van der Waals surface area contributed by atoms with E-state index in [2.05, 4.69) is 18.7 Å². The Balaban J connectivity index is 4.04. The molecule has 0 rings (SSSR count). The van der Waals surface area contributed by atoms with Crippen molar-refractivity contribution in [2.24, 2.45) is 5.92 Å². The lowest BCUT2D eigenvalue weighted by Crippen LogP contribution is -2.33. The van der Waals surface area contributed by atoms with Crippen LogP contribution in [0, 0.1) is 5.92 Å². The average Bonchev–Trinajstić information content (AvgIpc) is 2.71. The molecule has 0 aliphatic heterocycles. The van der Waals surface area contributed by atoms with Crippen molar-refractivity contribution in [2.75, 3.05) is 85.7 Å². The Morgan fingerprint density at radius 3 is 1.57 bits per heavy atom. The molecule has 0 bridgehead atoms. The highest BCUT2D eigenvalue weighted by atomic mass is 16.5. The summed E-state index contributed by atoms with van der Waals surface area (Å²) in [5.41, 5.74) is 0. The van der Waals surface area contributed by atoms with Gasteiger partial charge in [-0.05, 0) is 18.9 Å². The van der Waals surface area contributed by atoms with Gasteiger partial charge in [-0.3, -0.25) is 4.90 Å². The maximum atomic E-state index is 8.68. The molecule has 1 atom stereocenters. The van der Waals surface area contributed by atoms with Crippen LogP contribution in [0.25, 0.3) is 0 Å². The summed E-state index contributed by atoms with van der Waals surface area (Å²) in [6, 6.07) is 0. The topological polar surface area (TPSA) is 80.6 Å². The fourth-order valence-corrected chi connectivity index (χ4v) is 2.91. The number of aliphatic hydroxyl groups is 2. The van der Waals surface area contributed by atoms with Crippen molar-refractivity contribution in [2.45, 2.75) is 46.0 Å². The first-order valence-corrected chi connectivity index (χ1v) is 11.0. The second kappa shape index (κ2) is 23.0. The predicted molar refractivity (Wildman–Crippen MR) is 112 cm³/mol. The van der Waals surface area contributed by atoms with E-state index in [1.165, 1.54) is 32.1 Å². The monoisotopic (exact) mass is 407 g/mol. The Morgan fingerprint density at radius 2 is 1.14 bits per heavy atom. The molecule has 0 aliphatic carbocycles. The number of hydrogen-bond donors (Lipinski definition) is 2. The Bertz CT molecular complexity index is 278. The van der Waals surface area contributed by atoms with Gasteiger partial charge in [-0.25, -0.2) is 0 Å². The van der Waals surface area contributed by atoms with Crippen LogP contribution in [0.1, 0.15) is 46.0 Å². The van der Waals surface area contributed by atoms with Gasteiger partial charge in [0.1, 0.15) is 0 Å². The minimum absolute atomic E-state index is 0.0510. The zero-order valence-corrected chi connectivity index (χ0v) is 18.3. The third kappa shape index (κ3) is 19.1. The van der Waals surface area contributed by atoms with Crippen LogP contribution in [-0.2, 0) is 18.9 Å².